The molecule has 3 heterocycles. The minimum atomic E-state index is -0.469. The summed E-state index contributed by atoms with van der Waals surface area (Å²) in [5.74, 6) is 0.0237. The number of nitrogens with zero attached hydrogens (tertiary/aromatic N) is 4. The number of nitrogens with one attached hydrogen (secondary N) is 2. The quantitative estimate of drug-likeness (QED) is 0.255. The molecule has 1 saturated heterocycles. The number of hydrogen-bond acceptors (Lipinski definition) is 7. The smallest absolute Gasteiger partial charge is 0.357 e. The molecule has 1 fully saturated rings. The van der Waals surface area contributed by atoms with Gasteiger partial charge in [0, 0.05) is 60.9 Å². The lowest BCUT2D eigenvalue weighted by molar-refractivity contribution is -0.119. The second-order valence-electron chi connectivity index (χ2n) is 10.6. The maximum Gasteiger partial charge on any atom is 0.357 e. The average Bonchev–Trinajstić information content (AvgIpc) is 3.59. The lowest BCUT2D eigenvalue weighted by Gasteiger charge is -2.32. The fourth-order valence-corrected chi connectivity index (χ4v) is 5.20. The number of fused-ring (bicyclic) bond motifs is 1. The normalized spacial score (nSPS) is 14.9. The van der Waals surface area contributed by atoms with Crippen LogP contribution in [0.15, 0.2) is 93.2 Å². The van der Waals surface area contributed by atoms with Crippen LogP contribution in [0.2, 0.25) is 0 Å². The van der Waals surface area contributed by atoms with Crippen molar-refractivity contribution in [2.75, 3.05) is 51.7 Å². The third-order valence-corrected chi connectivity index (χ3v) is 7.70. The maximum absolute atomic E-state index is 13.0. The highest BCUT2D eigenvalue weighted by molar-refractivity contribution is 6.22. The van der Waals surface area contributed by atoms with Crippen LogP contribution in [0.3, 0.4) is 0 Å². The molecule has 10 nitrogen and oxygen atoms in total. The van der Waals surface area contributed by atoms with Crippen LogP contribution in [0.4, 0.5) is 11.4 Å². The zero-order valence-electron chi connectivity index (χ0n) is 23.5. The second kappa shape index (κ2) is 11.5. The molecule has 0 bridgehead atoms. The molecule has 6 rings (SSSR count). The number of amides is 1. The van der Waals surface area contributed by atoms with E-state index in [4.69, 9.17) is 9.52 Å². The highest BCUT2D eigenvalue weighted by Gasteiger charge is 2.21. The summed E-state index contributed by atoms with van der Waals surface area (Å²) < 4.78 is 4.86. The fraction of sp³-hybridized carbons (Fsp3) is 0.219. The van der Waals surface area contributed by atoms with E-state index in [1.165, 1.54) is 6.07 Å². The van der Waals surface area contributed by atoms with Crippen molar-refractivity contribution < 1.29 is 14.4 Å². The number of benzene rings is 3. The number of aromatic hydroxyl groups is 1. The zero-order valence-corrected chi connectivity index (χ0v) is 23.5. The van der Waals surface area contributed by atoms with E-state index in [2.05, 4.69) is 27.0 Å². The number of piperazine rings is 1. The SMILES string of the molecule is CN1CCN(CC(=O)N(C)c2ccc(N=C(c3ccccc3)c3c(O)[nH]c4ccc(-c5cc(=O)o[nH]5)cc34)cc2)CC1. The Morgan fingerprint density at radius 1 is 1.00 bits per heavy atom. The topological polar surface area (TPSA) is 121 Å². The number of aromatic amines is 2. The molecule has 0 aliphatic carbocycles. The Morgan fingerprint density at radius 3 is 2.43 bits per heavy atom. The molecule has 5 aromatic rings. The minimum absolute atomic E-state index is 0.0173. The summed E-state index contributed by atoms with van der Waals surface area (Å²) >= 11 is 0. The van der Waals surface area contributed by atoms with Gasteiger partial charge in [0.1, 0.15) is 0 Å². The lowest BCUT2D eigenvalue weighted by Crippen LogP contribution is -2.48. The Labute approximate surface area is 242 Å². The van der Waals surface area contributed by atoms with E-state index in [1.54, 1.807) is 11.9 Å². The number of H-pyrrole nitrogens is 2. The Kier molecular flexibility index (Phi) is 7.47. The van der Waals surface area contributed by atoms with E-state index < -0.39 is 5.63 Å². The van der Waals surface area contributed by atoms with Crippen LogP contribution in [-0.4, -0.2) is 83.5 Å². The molecule has 1 aliphatic heterocycles. The third kappa shape index (κ3) is 5.63. The van der Waals surface area contributed by atoms with Gasteiger partial charge in [0.25, 0.3) is 0 Å². The van der Waals surface area contributed by atoms with Gasteiger partial charge in [-0.05, 0) is 43.4 Å². The van der Waals surface area contributed by atoms with E-state index in [0.717, 1.165) is 53.9 Å². The van der Waals surface area contributed by atoms with Gasteiger partial charge in [-0.1, -0.05) is 36.4 Å². The Balaban J connectivity index is 1.33. The van der Waals surface area contributed by atoms with Gasteiger partial charge in [0.15, 0.2) is 5.88 Å². The molecule has 3 aromatic carbocycles. The predicted octanol–water partition coefficient (Wildman–Crippen LogP) is 4.20. The zero-order chi connectivity index (χ0) is 29.2. The molecule has 2 aromatic heterocycles. The van der Waals surface area contributed by atoms with Crippen molar-refractivity contribution in [3.05, 3.63) is 100 Å². The van der Waals surface area contributed by atoms with Gasteiger partial charge in [-0.3, -0.25) is 9.69 Å². The standard InChI is InChI=1S/C32H32N6O4/c1-36-14-16-38(17-15-36)20-28(39)37(2)24-11-9-23(10-12-24)33-31(21-6-4-3-5-7-21)30-25-18-22(27-19-29(40)42-35-27)8-13-26(25)34-32(30)41/h3-13,18-19,34-35,41H,14-17,20H2,1-2H3. The van der Waals surface area contributed by atoms with Crippen molar-refractivity contribution >= 4 is 33.9 Å². The van der Waals surface area contributed by atoms with Gasteiger partial charge in [-0.2, -0.15) is 0 Å². The van der Waals surface area contributed by atoms with Gasteiger partial charge in [-0.25, -0.2) is 14.9 Å². The van der Waals surface area contributed by atoms with Crippen molar-refractivity contribution in [1.29, 1.82) is 0 Å². The first-order chi connectivity index (χ1) is 20.4. The number of carbonyl (C=O) groups is 1. The predicted molar refractivity (Wildman–Crippen MR) is 164 cm³/mol. The van der Waals surface area contributed by atoms with Gasteiger partial charge in [-0.15, -0.1) is 0 Å². The van der Waals surface area contributed by atoms with Gasteiger partial charge in [0.05, 0.1) is 35.3 Å². The van der Waals surface area contributed by atoms with Crippen molar-refractivity contribution in [2.24, 2.45) is 4.99 Å². The summed E-state index contributed by atoms with van der Waals surface area (Å²) in [6.45, 7) is 4.08. The van der Waals surface area contributed by atoms with Gasteiger partial charge >= 0.3 is 5.63 Å². The molecule has 42 heavy (non-hydrogen) atoms. The fourth-order valence-electron chi connectivity index (χ4n) is 5.20. The van der Waals surface area contributed by atoms with Gasteiger partial charge < -0.3 is 24.4 Å². The summed E-state index contributed by atoms with van der Waals surface area (Å²) in [6, 6.07) is 24.1. The Morgan fingerprint density at radius 2 is 1.74 bits per heavy atom. The number of aliphatic imine (C=N–C) groups is 1. The van der Waals surface area contributed by atoms with Crippen molar-refractivity contribution in [2.45, 2.75) is 0 Å². The lowest BCUT2D eigenvalue weighted by atomic mass is 9.99. The number of rotatable bonds is 7. The molecule has 1 amide bonds. The molecular formula is C32H32N6O4. The second-order valence-corrected chi connectivity index (χ2v) is 10.6. The molecule has 3 N–H and O–H groups in total. The highest BCUT2D eigenvalue weighted by Crippen LogP contribution is 2.34. The van der Waals surface area contributed by atoms with Crippen molar-refractivity contribution in [1.82, 2.24) is 19.9 Å². The number of hydrogen-bond donors (Lipinski definition) is 3. The minimum Gasteiger partial charge on any atom is -0.494 e. The number of carbonyl (C=O) groups excluding carboxylic acids is 1. The molecule has 0 radical (unpaired) electrons. The molecule has 0 saturated carbocycles. The maximum atomic E-state index is 13.0. The summed E-state index contributed by atoms with van der Waals surface area (Å²) in [5.41, 5.74) is 4.89. The number of likely N-dealkylation sites (N-methyl/N-ethyl adjacent to an activating group) is 2. The van der Waals surface area contributed by atoms with Crippen LogP contribution in [0, 0.1) is 0 Å². The van der Waals surface area contributed by atoms with Crippen LogP contribution in [-0.2, 0) is 4.79 Å². The van der Waals surface area contributed by atoms with Crippen LogP contribution in [0.5, 0.6) is 5.88 Å². The molecule has 0 unspecified atom stereocenters. The van der Waals surface area contributed by atoms with E-state index in [1.807, 2.05) is 72.8 Å². The van der Waals surface area contributed by atoms with E-state index in [0.29, 0.717) is 29.2 Å². The Bertz CT molecular complexity index is 1790. The molecule has 1 aliphatic rings. The first kappa shape index (κ1) is 27.3. The summed E-state index contributed by atoms with van der Waals surface area (Å²) in [7, 11) is 3.89. The van der Waals surface area contributed by atoms with Crippen LogP contribution < -0.4 is 10.5 Å². The average molecular weight is 565 g/mol. The number of aromatic nitrogens is 2. The Hall–Kier alpha value is -4.93. The molecule has 10 heteroatoms. The molecular weight excluding hydrogens is 532 g/mol. The van der Waals surface area contributed by atoms with Gasteiger partial charge in [0.2, 0.25) is 5.91 Å². The first-order valence-corrected chi connectivity index (χ1v) is 13.8. The largest absolute Gasteiger partial charge is 0.494 e. The molecule has 0 atom stereocenters. The summed E-state index contributed by atoms with van der Waals surface area (Å²) in [4.78, 5) is 38.7. The summed E-state index contributed by atoms with van der Waals surface area (Å²) in [5, 5.41) is 14.4. The van der Waals surface area contributed by atoms with E-state index in [9.17, 15) is 14.7 Å². The highest BCUT2D eigenvalue weighted by atomic mass is 16.5. The third-order valence-electron chi connectivity index (χ3n) is 7.70. The monoisotopic (exact) mass is 564 g/mol. The van der Waals surface area contributed by atoms with Crippen molar-refractivity contribution in [3.63, 3.8) is 0 Å². The van der Waals surface area contributed by atoms with E-state index in [-0.39, 0.29) is 11.8 Å². The first-order valence-electron chi connectivity index (χ1n) is 13.8. The summed E-state index contributed by atoms with van der Waals surface area (Å²) in [6.07, 6.45) is 0. The van der Waals surface area contributed by atoms with Crippen molar-refractivity contribution in [3.8, 4) is 17.1 Å². The van der Waals surface area contributed by atoms with Crippen LogP contribution >= 0.6 is 0 Å². The molecule has 214 valence electrons. The van der Waals surface area contributed by atoms with Crippen LogP contribution in [0.1, 0.15) is 11.1 Å². The van der Waals surface area contributed by atoms with E-state index >= 15 is 0 Å². The van der Waals surface area contributed by atoms with Crippen LogP contribution in [0.25, 0.3) is 22.2 Å². The number of anilines is 1. The molecule has 0 spiro atoms.